The van der Waals surface area contributed by atoms with Gasteiger partial charge in [-0.25, -0.2) is 0 Å². The summed E-state index contributed by atoms with van der Waals surface area (Å²) in [6.07, 6.45) is 5.32. The Balaban J connectivity index is 1.56. The van der Waals surface area contributed by atoms with Gasteiger partial charge in [0.15, 0.2) is 0 Å². The van der Waals surface area contributed by atoms with E-state index in [4.69, 9.17) is 5.73 Å². The third kappa shape index (κ3) is 7.28. The molecule has 0 aromatic heterocycles. The Bertz CT molecular complexity index is 1030. The highest BCUT2D eigenvalue weighted by molar-refractivity contribution is 5.98. The SMILES string of the molecule is CC(C)c1ccc(C=CC(=O)NC2CCCCN(CC(=O)Nc3cccc(CN)c3)C2=O)cc1. The molecule has 0 aliphatic carbocycles. The van der Waals surface area contributed by atoms with E-state index in [-0.39, 0.29) is 24.3 Å². The number of benzene rings is 2. The minimum Gasteiger partial charge on any atom is -0.341 e. The molecule has 7 heteroatoms. The van der Waals surface area contributed by atoms with Gasteiger partial charge in [-0.05, 0) is 60.1 Å². The fraction of sp³-hybridized carbons (Fsp3) is 0.370. The summed E-state index contributed by atoms with van der Waals surface area (Å²) in [7, 11) is 0. The molecular weight excluding hydrogens is 428 g/mol. The maximum Gasteiger partial charge on any atom is 0.245 e. The second-order valence-electron chi connectivity index (χ2n) is 8.92. The zero-order valence-electron chi connectivity index (χ0n) is 19.9. The molecule has 34 heavy (non-hydrogen) atoms. The Labute approximate surface area is 201 Å². The summed E-state index contributed by atoms with van der Waals surface area (Å²) in [5.74, 6) is -0.384. The fourth-order valence-corrected chi connectivity index (χ4v) is 3.93. The quantitative estimate of drug-likeness (QED) is 0.523. The van der Waals surface area contributed by atoms with Gasteiger partial charge in [-0.3, -0.25) is 14.4 Å². The number of amides is 3. The summed E-state index contributed by atoms with van der Waals surface area (Å²) in [5, 5.41) is 5.64. The number of carbonyl (C=O) groups is 3. The zero-order valence-corrected chi connectivity index (χ0v) is 19.9. The first-order valence-corrected chi connectivity index (χ1v) is 11.8. The van der Waals surface area contributed by atoms with Crippen molar-refractivity contribution in [3.05, 3.63) is 71.3 Å². The number of nitrogens with two attached hydrogens (primary N) is 1. The van der Waals surface area contributed by atoms with Crippen LogP contribution < -0.4 is 16.4 Å². The van der Waals surface area contributed by atoms with Crippen molar-refractivity contribution < 1.29 is 14.4 Å². The van der Waals surface area contributed by atoms with Crippen LogP contribution in [0.5, 0.6) is 0 Å². The Morgan fingerprint density at radius 2 is 1.91 bits per heavy atom. The molecule has 0 radical (unpaired) electrons. The normalized spacial score (nSPS) is 16.5. The minimum absolute atomic E-state index is 0.0594. The lowest BCUT2D eigenvalue weighted by molar-refractivity contribution is -0.137. The molecule has 1 fully saturated rings. The number of nitrogens with one attached hydrogen (secondary N) is 2. The van der Waals surface area contributed by atoms with Crippen molar-refractivity contribution in [3.63, 3.8) is 0 Å². The molecule has 1 aliphatic heterocycles. The van der Waals surface area contributed by atoms with E-state index >= 15 is 0 Å². The monoisotopic (exact) mass is 462 g/mol. The largest absolute Gasteiger partial charge is 0.341 e. The van der Waals surface area contributed by atoms with Crippen LogP contribution in [0.1, 0.15) is 55.7 Å². The van der Waals surface area contributed by atoms with Crippen molar-refractivity contribution in [2.45, 2.75) is 51.6 Å². The molecule has 1 atom stereocenters. The van der Waals surface area contributed by atoms with Gasteiger partial charge in [0.2, 0.25) is 17.7 Å². The zero-order chi connectivity index (χ0) is 24.5. The average Bonchev–Trinajstić information content (AvgIpc) is 2.99. The lowest BCUT2D eigenvalue weighted by Crippen LogP contribution is -2.49. The van der Waals surface area contributed by atoms with Gasteiger partial charge in [-0.1, -0.05) is 50.2 Å². The van der Waals surface area contributed by atoms with Crippen LogP contribution >= 0.6 is 0 Å². The third-order valence-electron chi connectivity index (χ3n) is 5.91. The van der Waals surface area contributed by atoms with Crippen molar-refractivity contribution in [3.8, 4) is 0 Å². The van der Waals surface area contributed by atoms with Gasteiger partial charge in [-0.15, -0.1) is 0 Å². The van der Waals surface area contributed by atoms with E-state index in [1.54, 1.807) is 12.1 Å². The molecule has 0 spiro atoms. The maximum atomic E-state index is 13.0. The van der Waals surface area contributed by atoms with E-state index < -0.39 is 6.04 Å². The van der Waals surface area contributed by atoms with Gasteiger partial charge < -0.3 is 21.3 Å². The molecule has 0 bridgehead atoms. The van der Waals surface area contributed by atoms with Gasteiger partial charge in [-0.2, -0.15) is 0 Å². The van der Waals surface area contributed by atoms with Crippen molar-refractivity contribution >= 4 is 29.5 Å². The van der Waals surface area contributed by atoms with Gasteiger partial charge >= 0.3 is 0 Å². The first kappa shape index (κ1) is 25.2. The summed E-state index contributed by atoms with van der Waals surface area (Å²) in [6.45, 7) is 5.07. The molecule has 0 saturated carbocycles. The van der Waals surface area contributed by atoms with Gasteiger partial charge in [0.05, 0.1) is 6.54 Å². The van der Waals surface area contributed by atoms with Crippen LogP contribution in [-0.2, 0) is 20.9 Å². The molecule has 7 nitrogen and oxygen atoms in total. The number of rotatable bonds is 8. The van der Waals surface area contributed by atoms with E-state index in [9.17, 15) is 14.4 Å². The van der Waals surface area contributed by atoms with E-state index in [1.807, 2.05) is 42.5 Å². The van der Waals surface area contributed by atoms with Gasteiger partial charge in [0, 0.05) is 24.9 Å². The van der Waals surface area contributed by atoms with E-state index in [1.165, 1.54) is 16.5 Å². The Morgan fingerprint density at radius 1 is 1.15 bits per heavy atom. The van der Waals surface area contributed by atoms with Crippen LogP contribution in [0.2, 0.25) is 0 Å². The molecule has 2 aromatic carbocycles. The van der Waals surface area contributed by atoms with E-state index in [0.29, 0.717) is 31.1 Å². The predicted molar refractivity (Wildman–Crippen MR) is 135 cm³/mol. The third-order valence-corrected chi connectivity index (χ3v) is 5.91. The fourth-order valence-electron chi connectivity index (χ4n) is 3.93. The van der Waals surface area contributed by atoms with Crippen molar-refractivity contribution in [1.29, 1.82) is 0 Å². The molecule has 1 heterocycles. The van der Waals surface area contributed by atoms with Crippen LogP contribution in [0.15, 0.2) is 54.6 Å². The van der Waals surface area contributed by atoms with Crippen LogP contribution in [-0.4, -0.2) is 41.8 Å². The lowest BCUT2D eigenvalue weighted by atomic mass is 10.0. The molecule has 3 amide bonds. The average molecular weight is 463 g/mol. The summed E-state index contributed by atoms with van der Waals surface area (Å²) in [6, 6.07) is 14.7. The maximum absolute atomic E-state index is 13.0. The van der Waals surface area contributed by atoms with Gasteiger partial charge in [0.1, 0.15) is 6.04 Å². The lowest BCUT2D eigenvalue weighted by Gasteiger charge is -2.24. The van der Waals surface area contributed by atoms with Crippen LogP contribution in [0.25, 0.3) is 6.08 Å². The molecule has 180 valence electrons. The Hall–Kier alpha value is -3.45. The minimum atomic E-state index is -0.642. The summed E-state index contributed by atoms with van der Waals surface area (Å²) >= 11 is 0. The van der Waals surface area contributed by atoms with Crippen LogP contribution in [0, 0.1) is 0 Å². The number of nitrogens with zero attached hydrogens (tertiary/aromatic N) is 1. The van der Waals surface area contributed by atoms with Crippen molar-refractivity contribution in [2.24, 2.45) is 5.73 Å². The standard InChI is InChI=1S/C27H34N4O3/c1-19(2)22-12-9-20(10-13-22)11-14-25(32)30-24-8-3-4-15-31(27(24)34)18-26(33)29-23-7-5-6-21(16-23)17-28/h5-7,9-14,16,19,24H,3-4,8,15,17-18,28H2,1-2H3,(H,29,33)(H,30,32). The van der Waals surface area contributed by atoms with E-state index in [0.717, 1.165) is 24.0 Å². The molecular formula is C27H34N4O3. The molecule has 1 aliphatic rings. The highest BCUT2D eigenvalue weighted by Crippen LogP contribution is 2.16. The highest BCUT2D eigenvalue weighted by atomic mass is 16.2. The van der Waals surface area contributed by atoms with Gasteiger partial charge in [0.25, 0.3) is 0 Å². The molecule has 1 unspecified atom stereocenters. The molecule has 2 aromatic rings. The Kier molecular flexibility index (Phi) is 8.99. The number of hydrogen-bond acceptors (Lipinski definition) is 4. The van der Waals surface area contributed by atoms with Crippen molar-refractivity contribution in [2.75, 3.05) is 18.4 Å². The second kappa shape index (κ2) is 12.1. The number of carbonyl (C=O) groups excluding carboxylic acids is 3. The molecule has 4 N–H and O–H groups in total. The summed E-state index contributed by atoms with van der Waals surface area (Å²) < 4.78 is 0. The first-order chi connectivity index (χ1) is 16.4. The second-order valence-corrected chi connectivity index (χ2v) is 8.92. The van der Waals surface area contributed by atoms with Crippen LogP contribution in [0.3, 0.4) is 0 Å². The number of anilines is 1. The highest BCUT2D eigenvalue weighted by Gasteiger charge is 2.29. The van der Waals surface area contributed by atoms with E-state index in [2.05, 4.69) is 24.5 Å². The molecule has 1 saturated heterocycles. The van der Waals surface area contributed by atoms with Crippen molar-refractivity contribution in [1.82, 2.24) is 10.2 Å². The number of likely N-dealkylation sites (tertiary alicyclic amines) is 1. The van der Waals surface area contributed by atoms with Crippen LogP contribution in [0.4, 0.5) is 5.69 Å². The number of hydrogen-bond donors (Lipinski definition) is 3. The first-order valence-electron chi connectivity index (χ1n) is 11.8. The Morgan fingerprint density at radius 3 is 2.62 bits per heavy atom. The summed E-state index contributed by atoms with van der Waals surface area (Å²) in [5.41, 5.74) is 9.37. The summed E-state index contributed by atoms with van der Waals surface area (Å²) in [4.78, 5) is 39.6. The predicted octanol–water partition coefficient (Wildman–Crippen LogP) is 3.42. The smallest absolute Gasteiger partial charge is 0.245 e. The molecule has 3 rings (SSSR count). The topological polar surface area (TPSA) is 105 Å².